The predicted molar refractivity (Wildman–Crippen MR) is 82.0 cm³/mol. The van der Waals surface area contributed by atoms with Gasteiger partial charge in [-0.1, -0.05) is 13.0 Å². The van der Waals surface area contributed by atoms with Crippen molar-refractivity contribution in [1.82, 2.24) is 14.5 Å². The van der Waals surface area contributed by atoms with Crippen molar-refractivity contribution in [3.63, 3.8) is 0 Å². The van der Waals surface area contributed by atoms with Crippen LogP contribution in [0.2, 0.25) is 0 Å². The van der Waals surface area contributed by atoms with Gasteiger partial charge in [0.15, 0.2) is 0 Å². The van der Waals surface area contributed by atoms with Gasteiger partial charge in [0.1, 0.15) is 5.82 Å². The third kappa shape index (κ3) is 2.93. The van der Waals surface area contributed by atoms with Gasteiger partial charge in [0.2, 0.25) is 0 Å². The largest absolute Gasteiger partial charge is 0.304 e. The van der Waals surface area contributed by atoms with Gasteiger partial charge in [-0.25, -0.2) is 4.98 Å². The quantitative estimate of drug-likeness (QED) is 0.851. The normalized spacial score (nSPS) is 17.5. The van der Waals surface area contributed by atoms with E-state index in [9.17, 15) is 0 Å². The molecular formula is C17H23N3. The van der Waals surface area contributed by atoms with Gasteiger partial charge in [-0.05, 0) is 63.0 Å². The molecule has 3 rings (SSSR count). The van der Waals surface area contributed by atoms with Crippen molar-refractivity contribution in [1.29, 1.82) is 0 Å². The number of pyridine rings is 1. The Labute approximate surface area is 121 Å². The molecule has 3 nitrogen and oxygen atoms in total. The molecule has 0 aliphatic carbocycles. The van der Waals surface area contributed by atoms with E-state index in [0.29, 0.717) is 0 Å². The van der Waals surface area contributed by atoms with Crippen LogP contribution in [-0.2, 0) is 6.54 Å². The highest BCUT2D eigenvalue weighted by molar-refractivity contribution is 5.29. The topological polar surface area (TPSA) is 21.1 Å². The van der Waals surface area contributed by atoms with Crippen LogP contribution in [0.1, 0.15) is 31.2 Å². The summed E-state index contributed by atoms with van der Waals surface area (Å²) in [5.41, 5.74) is 2.40. The van der Waals surface area contributed by atoms with Gasteiger partial charge in [-0.15, -0.1) is 0 Å². The Morgan fingerprint density at radius 3 is 2.70 bits per heavy atom. The van der Waals surface area contributed by atoms with Crippen LogP contribution in [0.4, 0.5) is 0 Å². The van der Waals surface area contributed by atoms with E-state index >= 15 is 0 Å². The minimum atomic E-state index is 0.886. The molecule has 0 amide bonds. The fourth-order valence-corrected chi connectivity index (χ4v) is 2.88. The van der Waals surface area contributed by atoms with E-state index in [1.807, 2.05) is 13.0 Å². The van der Waals surface area contributed by atoms with Crippen molar-refractivity contribution in [3.8, 4) is 5.82 Å². The molecule has 0 aromatic carbocycles. The van der Waals surface area contributed by atoms with E-state index in [2.05, 4.69) is 51.8 Å². The number of hydrogen-bond donors (Lipinski definition) is 0. The smallest absolute Gasteiger partial charge is 0.137 e. The molecule has 0 atom stereocenters. The highest BCUT2D eigenvalue weighted by Crippen LogP contribution is 2.19. The Morgan fingerprint density at radius 2 is 1.95 bits per heavy atom. The lowest BCUT2D eigenvalue weighted by molar-refractivity contribution is 0.182. The van der Waals surface area contributed by atoms with E-state index in [1.165, 1.54) is 31.6 Å². The number of likely N-dealkylation sites (tertiary alicyclic amines) is 1. The Hall–Kier alpha value is -1.61. The fraction of sp³-hybridized carbons (Fsp3) is 0.471. The molecule has 0 N–H and O–H groups in total. The van der Waals surface area contributed by atoms with Crippen LogP contribution < -0.4 is 0 Å². The maximum atomic E-state index is 4.63. The summed E-state index contributed by atoms with van der Waals surface area (Å²) < 4.78 is 2.21. The maximum Gasteiger partial charge on any atom is 0.137 e. The monoisotopic (exact) mass is 269 g/mol. The second-order valence-electron chi connectivity index (χ2n) is 5.97. The zero-order chi connectivity index (χ0) is 13.9. The summed E-state index contributed by atoms with van der Waals surface area (Å²) in [6.07, 6.45) is 4.76. The predicted octanol–water partition coefficient (Wildman–Crippen LogP) is 3.41. The Kier molecular flexibility index (Phi) is 3.88. The fourth-order valence-electron chi connectivity index (χ4n) is 2.88. The van der Waals surface area contributed by atoms with Crippen molar-refractivity contribution in [3.05, 3.63) is 47.9 Å². The molecule has 0 bridgehead atoms. The molecule has 1 fully saturated rings. The summed E-state index contributed by atoms with van der Waals surface area (Å²) in [5, 5.41) is 0. The summed E-state index contributed by atoms with van der Waals surface area (Å²) >= 11 is 0. The van der Waals surface area contributed by atoms with E-state index < -0.39 is 0 Å². The van der Waals surface area contributed by atoms with Gasteiger partial charge < -0.3 is 4.57 Å². The molecule has 0 radical (unpaired) electrons. The van der Waals surface area contributed by atoms with Crippen LogP contribution in [-0.4, -0.2) is 27.5 Å². The van der Waals surface area contributed by atoms with Crippen LogP contribution >= 0.6 is 0 Å². The molecule has 3 heterocycles. The molecule has 2 aromatic heterocycles. The van der Waals surface area contributed by atoms with Gasteiger partial charge in [-0.2, -0.15) is 0 Å². The summed E-state index contributed by atoms with van der Waals surface area (Å²) in [6.45, 7) is 7.85. The third-order valence-corrected chi connectivity index (χ3v) is 4.22. The molecular weight excluding hydrogens is 246 g/mol. The van der Waals surface area contributed by atoms with Gasteiger partial charge in [-0.3, -0.25) is 4.90 Å². The first kappa shape index (κ1) is 13.4. The number of hydrogen-bond acceptors (Lipinski definition) is 2. The first-order valence-electron chi connectivity index (χ1n) is 7.55. The molecule has 0 spiro atoms. The SMILES string of the molecule is Cc1cccc(-n2cccc2CN2CCC(C)CC2)n1. The summed E-state index contributed by atoms with van der Waals surface area (Å²) in [5.74, 6) is 1.91. The number of nitrogens with zero attached hydrogens (tertiary/aromatic N) is 3. The van der Waals surface area contributed by atoms with E-state index in [1.54, 1.807) is 0 Å². The van der Waals surface area contributed by atoms with Crippen LogP contribution in [0.25, 0.3) is 5.82 Å². The standard InChI is InChI=1S/C17H23N3/c1-14-8-11-19(12-9-14)13-16-6-4-10-20(16)17-7-3-5-15(2)18-17/h3-7,10,14H,8-9,11-13H2,1-2H3. The van der Waals surface area contributed by atoms with Crippen LogP contribution in [0.15, 0.2) is 36.5 Å². The van der Waals surface area contributed by atoms with Gasteiger partial charge >= 0.3 is 0 Å². The number of aromatic nitrogens is 2. The molecule has 1 saturated heterocycles. The lowest BCUT2D eigenvalue weighted by atomic mass is 9.99. The first-order chi connectivity index (χ1) is 9.72. The van der Waals surface area contributed by atoms with Crippen molar-refractivity contribution < 1.29 is 0 Å². The molecule has 106 valence electrons. The molecule has 0 saturated carbocycles. The van der Waals surface area contributed by atoms with Gasteiger partial charge in [0.05, 0.1) is 0 Å². The van der Waals surface area contributed by atoms with Crippen molar-refractivity contribution in [2.75, 3.05) is 13.1 Å². The van der Waals surface area contributed by atoms with Crippen molar-refractivity contribution in [2.45, 2.75) is 33.2 Å². The number of aryl methyl sites for hydroxylation is 1. The second-order valence-corrected chi connectivity index (χ2v) is 5.97. The highest BCUT2D eigenvalue weighted by atomic mass is 15.2. The number of piperidine rings is 1. The lowest BCUT2D eigenvalue weighted by Crippen LogP contribution is -2.32. The Bertz CT molecular complexity index is 565. The summed E-state index contributed by atoms with van der Waals surface area (Å²) in [4.78, 5) is 7.18. The van der Waals surface area contributed by atoms with E-state index in [4.69, 9.17) is 0 Å². The average Bonchev–Trinajstić information content (AvgIpc) is 2.89. The number of rotatable bonds is 3. The molecule has 2 aromatic rings. The Morgan fingerprint density at radius 1 is 1.15 bits per heavy atom. The summed E-state index contributed by atoms with van der Waals surface area (Å²) in [7, 11) is 0. The Balaban J connectivity index is 1.77. The second kappa shape index (κ2) is 5.80. The van der Waals surface area contributed by atoms with Gasteiger partial charge in [0.25, 0.3) is 0 Å². The highest BCUT2D eigenvalue weighted by Gasteiger charge is 2.17. The molecule has 20 heavy (non-hydrogen) atoms. The van der Waals surface area contributed by atoms with Crippen molar-refractivity contribution in [2.24, 2.45) is 5.92 Å². The van der Waals surface area contributed by atoms with Crippen LogP contribution in [0.3, 0.4) is 0 Å². The minimum Gasteiger partial charge on any atom is -0.304 e. The molecule has 1 aliphatic heterocycles. The van der Waals surface area contributed by atoms with E-state index in [-0.39, 0.29) is 0 Å². The lowest BCUT2D eigenvalue weighted by Gasteiger charge is -2.30. The molecule has 0 unspecified atom stereocenters. The van der Waals surface area contributed by atoms with Gasteiger partial charge in [0, 0.05) is 24.1 Å². The minimum absolute atomic E-state index is 0.886. The van der Waals surface area contributed by atoms with E-state index in [0.717, 1.165) is 24.0 Å². The first-order valence-corrected chi connectivity index (χ1v) is 7.55. The summed E-state index contributed by atoms with van der Waals surface area (Å²) in [6, 6.07) is 10.5. The van der Waals surface area contributed by atoms with Crippen LogP contribution in [0.5, 0.6) is 0 Å². The maximum absolute atomic E-state index is 4.63. The average molecular weight is 269 g/mol. The zero-order valence-electron chi connectivity index (χ0n) is 12.4. The zero-order valence-corrected chi connectivity index (χ0v) is 12.4. The molecule has 1 aliphatic rings. The van der Waals surface area contributed by atoms with Crippen molar-refractivity contribution >= 4 is 0 Å². The third-order valence-electron chi connectivity index (χ3n) is 4.22. The van der Waals surface area contributed by atoms with Crippen LogP contribution in [0, 0.1) is 12.8 Å². The molecule has 3 heteroatoms.